The summed E-state index contributed by atoms with van der Waals surface area (Å²) in [5.41, 5.74) is 0.652. The van der Waals surface area contributed by atoms with Crippen molar-refractivity contribution < 1.29 is 12.8 Å². The highest BCUT2D eigenvalue weighted by Crippen LogP contribution is 2.24. The van der Waals surface area contributed by atoms with Crippen LogP contribution < -0.4 is 0 Å². The van der Waals surface area contributed by atoms with Crippen molar-refractivity contribution in [3.63, 3.8) is 0 Å². The Morgan fingerprint density at radius 2 is 1.90 bits per heavy atom. The molecule has 2 rings (SSSR count). The monoisotopic (exact) mass is 314 g/mol. The minimum Gasteiger partial charge on any atom is -0.207 e. The Morgan fingerprint density at radius 3 is 2.48 bits per heavy atom. The Hall–Kier alpha value is -0.980. The Bertz CT molecular complexity index is 581. The van der Waals surface area contributed by atoms with Crippen LogP contribution in [0.3, 0.4) is 0 Å². The second kappa shape index (κ2) is 6.42. The van der Waals surface area contributed by atoms with Crippen LogP contribution in [0.15, 0.2) is 24.3 Å². The fourth-order valence-electron chi connectivity index (χ4n) is 2.97. The summed E-state index contributed by atoms with van der Waals surface area (Å²) < 4.78 is 41.3. The summed E-state index contributed by atoms with van der Waals surface area (Å²) >= 11 is 0. The quantitative estimate of drug-likeness (QED) is 0.856. The van der Waals surface area contributed by atoms with Crippen LogP contribution in [-0.2, 0) is 16.8 Å². The van der Waals surface area contributed by atoms with Crippen LogP contribution in [0.5, 0.6) is 0 Å². The zero-order valence-corrected chi connectivity index (χ0v) is 13.6. The van der Waals surface area contributed by atoms with E-state index in [4.69, 9.17) is 0 Å². The molecule has 1 saturated heterocycles. The number of rotatable bonds is 4. The van der Waals surface area contributed by atoms with Crippen LogP contribution in [0.4, 0.5) is 4.39 Å². The van der Waals surface area contributed by atoms with Crippen LogP contribution in [0.2, 0.25) is 0 Å². The standard InChI is InChI=1S/C15H23FN2O2S/c1-12-7-13(2)10-18(9-12)21(19,20)17(3)11-14-5-4-6-15(16)8-14/h4-6,8,12-13H,7,9-11H2,1-3H3. The highest BCUT2D eigenvalue weighted by molar-refractivity contribution is 7.86. The van der Waals surface area contributed by atoms with Crippen LogP contribution >= 0.6 is 0 Å². The van der Waals surface area contributed by atoms with Crippen molar-refractivity contribution in [2.75, 3.05) is 20.1 Å². The molecule has 4 nitrogen and oxygen atoms in total. The van der Waals surface area contributed by atoms with Gasteiger partial charge in [0.25, 0.3) is 10.2 Å². The van der Waals surface area contributed by atoms with Crippen molar-refractivity contribution >= 4 is 10.2 Å². The fourth-order valence-corrected chi connectivity index (χ4v) is 4.56. The van der Waals surface area contributed by atoms with E-state index < -0.39 is 10.2 Å². The van der Waals surface area contributed by atoms with E-state index in [1.807, 2.05) is 0 Å². The van der Waals surface area contributed by atoms with E-state index in [1.165, 1.54) is 16.4 Å². The SMILES string of the molecule is CC1CC(C)CN(S(=O)(=O)N(C)Cc2cccc(F)c2)C1. The maximum absolute atomic E-state index is 13.2. The minimum atomic E-state index is -3.49. The Kier molecular flexibility index (Phi) is 5.01. The Labute approximate surface area is 126 Å². The Balaban J connectivity index is 2.11. The second-order valence-electron chi connectivity index (χ2n) is 6.16. The molecule has 0 aromatic heterocycles. The number of hydrogen-bond acceptors (Lipinski definition) is 2. The van der Waals surface area contributed by atoms with Crippen molar-refractivity contribution in [2.24, 2.45) is 11.8 Å². The van der Waals surface area contributed by atoms with Crippen molar-refractivity contribution in [2.45, 2.75) is 26.8 Å². The summed E-state index contributed by atoms with van der Waals surface area (Å²) in [5.74, 6) is 0.385. The minimum absolute atomic E-state index is 0.180. The molecular formula is C15H23FN2O2S. The van der Waals surface area contributed by atoms with Gasteiger partial charge in [-0.2, -0.15) is 17.0 Å². The van der Waals surface area contributed by atoms with Gasteiger partial charge in [-0.25, -0.2) is 4.39 Å². The van der Waals surface area contributed by atoms with Gasteiger partial charge in [-0.3, -0.25) is 0 Å². The Morgan fingerprint density at radius 1 is 1.29 bits per heavy atom. The lowest BCUT2D eigenvalue weighted by Crippen LogP contribution is -2.48. The number of nitrogens with zero attached hydrogens (tertiary/aromatic N) is 2. The molecule has 0 spiro atoms. The lowest BCUT2D eigenvalue weighted by molar-refractivity contribution is 0.211. The molecule has 2 unspecified atom stereocenters. The summed E-state index contributed by atoms with van der Waals surface area (Å²) in [6.07, 6.45) is 1.06. The van der Waals surface area contributed by atoms with Gasteiger partial charge in [-0.05, 0) is 36.0 Å². The van der Waals surface area contributed by atoms with Gasteiger partial charge in [0.15, 0.2) is 0 Å². The molecule has 1 heterocycles. The first-order valence-corrected chi connectivity index (χ1v) is 8.64. The van der Waals surface area contributed by atoms with Crippen molar-refractivity contribution in [3.8, 4) is 0 Å². The third-order valence-electron chi connectivity index (χ3n) is 3.85. The molecule has 0 aliphatic carbocycles. The van der Waals surface area contributed by atoms with E-state index in [9.17, 15) is 12.8 Å². The first-order chi connectivity index (χ1) is 9.79. The molecule has 6 heteroatoms. The first-order valence-electron chi connectivity index (χ1n) is 7.25. The molecule has 21 heavy (non-hydrogen) atoms. The van der Waals surface area contributed by atoms with Gasteiger partial charge >= 0.3 is 0 Å². The number of hydrogen-bond donors (Lipinski definition) is 0. The summed E-state index contributed by atoms with van der Waals surface area (Å²) in [6, 6.07) is 6.05. The fraction of sp³-hybridized carbons (Fsp3) is 0.600. The molecule has 0 bridgehead atoms. The molecular weight excluding hydrogens is 291 g/mol. The average molecular weight is 314 g/mol. The molecule has 1 fully saturated rings. The largest absolute Gasteiger partial charge is 0.282 e. The van der Waals surface area contributed by atoms with Crippen molar-refractivity contribution in [3.05, 3.63) is 35.6 Å². The van der Waals surface area contributed by atoms with Crippen LogP contribution in [0.25, 0.3) is 0 Å². The van der Waals surface area contributed by atoms with E-state index in [0.717, 1.165) is 6.42 Å². The molecule has 1 aliphatic heterocycles. The first kappa shape index (κ1) is 16.4. The van der Waals surface area contributed by atoms with Crippen molar-refractivity contribution in [1.82, 2.24) is 8.61 Å². The predicted molar refractivity (Wildman–Crippen MR) is 81.3 cm³/mol. The molecule has 1 aromatic rings. The molecule has 2 atom stereocenters. The lowest BCUT2D eigenvalue weighted by Gasteiger charge is -2.36. The molecule has 1 aromatic carbocycles. The van der Waals surface area contributed by atoms with Gasteiger partial charge in [0.2, 0.25) is 0 Å². The van der Waals surface area contributed by atoms with Gasteiger partial charge < -0.3 is 0 Å². The van der Waals surface area contributed by atoms with E-state index in [1.54, 1.807) is 23.5 Å². The van der Waals surface area contributed by atoms with Gasteiger partial charge in [-0.1, -0.05) is 26.0 Å². The summed E-state index contributed by atoms with van der Waals surface area (Å²) in [6.45, 7) is 5.44. The van der Waals surface area contributed by atoms with Gasteiger partial charge in [0.1, 0.15) is 5.82 Å². The van der Waals surface area contributed by atoms with E-state index >= 15 is 0 Å². The summed E-state index contributed by atoms with van der Waals surface area (Å²) in [7, 11) is -1.95. The van der Waals surface area contributed by atoms with Crippen LogP contribution in [0.1, 0.15) is 25.8 Å². The average Bonchev–Trinajstić information content (AvgIpc) is 2.37. The van der Waals surface area contributed by atoms with E-state index in [2.05, 4.69) is 13.8 Å². The van der Waals surface area contributed by atoms with Gasteiger partial charge in [0.05, 0.1) is 0 Å². The number of piperidine rings is 1. The summed E-state index contributed by atoms with van der Waals surface area (Å²) in [5, 5.41) is 0. The topological polar surface area (TPSA) is 40.6 Å². The maximum Gasteiger partial charge on any atom is 0.282 e. The third-order valence-corrected chi connectivity index (χ3v) is 5.72. The maximum atomic E-state index is 13.2. The molecule has 0 radical (unpaired) electrons. The normalized spacial score (nSPS) is 24.4. The molecule has 0 amide bonds. The molecule has 118 valence electrons. The van der Waals surface area contributed by atoms with Crippen LogP contribution in [-0.4, -0.2) is 37.2 Å². The molecule has 0 saturated carbocycles. The van der Waals surface area contributed by atoms with Crippen LogP contribution in [0, 0.1) is 17.7 Å². The lowest BCUT2D eigenvalue weighted by atomic mass is 9.94. The summed E-state index contributed by atoms with van der Waals surface area (Å²) in [4.78, 5) is 0. The molecule has 0 N–H and O–H groups in total. The van der Waals surface area contributed by atoms with Gasteiger partial charge in [0, 0.05) is 26.7 Å². The molecule has 1 aliphatic rings. The van der Waals surface area contributed by atoms with Gasteiger partial charge in [-0.15, -0.1) is 0 Å². The second-order valence-corrected chi connectivity index (χ2v) is 8.19. The third kappa shape index (κ3) is 4.02. The van der Waals surface area contributed by atoms with Crippen molar-refractivity contribution in [1.29, 1.82) is 0 Å². The highest BCUT2D eigenvalue weighted by Gasteiger charge is 2.33. The zero-order chi connectivity index (χ0) is 15.6. The number of halogens is 1. The predicted octanol–water partition coefficient (Wildman–Crippen LogP) is 2.48. The number of benzene rings is 1. The smallest absolute Gasteiger partial charge is 0.207 e. The zero-order valence-electron chi connectivity index (χ0n) is 12.8. The van der Waals surface area contributed by atoms with E-state index in [-0.39, 0.29) is 12.4 Å². The highest BCUT2D eigenvalue weighted by atomic mass is 32.2. The van der Waals surface area contributed by atoms with E-state index in [0.29, 0.717) is 30.5 Å².